The Morgan fingerprint density at radius 1 is 1.30 bits per heavy atom. The molecular weight excluding hydrogens is 470 g/mol. The van der Waals surface area contributed by atoms with Gasteiger partial charge in [0.1, 0.15) is 17.0 Å². The number of hydrogen-bond acceptors (Lipinski definition) is 7. The van der Waals surface area contributed by atoms with Gasteiger partial charge >= 0.3 is 6.03 Å². The number of thiophene rings is 1. The first-order chi connectivity index (χ1) is 14.3. The Labute approximate surface area is 185 Å². The lowest BCUT2D eigenvalue weighted by Crippen LogP contribution is -2.46. The standard InChI is InChI=1S/C20H20BrN5O3S/c1-20(2)17(27)25-19(28)26(20)7-6-22-18-23-10-13(21)16(24-18)15-9-11-8-12(29-3)4-5-14(11)30-15/h4-5,8-10H,6-7H2,1-3H3,(H,22,23,24)(H,25,27,28). The fraction of sp³-hybridized carbons (Fsp3) is 0.300. The molecule has 3 aromatic rings. The topological polar surface area (TPSA) is 96.5 Å². The molecule has 1 fully saturated rings. The number of methoxy groups -OCH3 is 1. The van der Waals surface area contributed by atoms with E-state index in [0.29, 0.717) is 19.0 Å². The van der Waals surface area contributed by atoms with Crippen LogP contribution in [0.2, 0.25) is 0 Å². The predicted molar refractivity (Wildman–Crippen MR) is 120 cm³/mol. The van der Waals surface area contributed by atoms with Gasteiger partial charge in [-0.25, -0.2) is 14.8 Å². The molecule has 0 aliphatic carbocycles. The minimum atomic E-state index is -0.872. The van der Waals surface area contributed by atoms with Crippen molar-refractivity contribution in [3.8, 4) is 16.3 Å². The number of hydrogen-bond donors (Lipinski definition) is 2. The van der Waals surface area contributed by atoms with Crippen LogP contribution in [-0.4, -0.2) is 52.5 Å². The molecule has 0 spiro atoms. The molecule has 2 N–H and O–H groups in total. The largest absolute Gasteiger partial charge is 0.497 e. The van der Waals surface area contributed by atoms with E-state index in [1.54, 1.807) is 38.5 Å². The summed E-state index contributed by atoms with van der Waals surface area (Å²) < 4.78 is 7.23. The molecule has 30 heavy (non-hydrogen) atoms. The number of ether oxygens (including phenoxy) is 1. The number of carbonyl (C=O) groups is 2. The number of amides is 3. The quantitative estimate of drug-likeness (QED) is 0.510. The van der Waals surface area contributed by atoms with Crippen LogP contribution in [-0.2, 0) is 4.79 Å². The number of fused-ring (bicyclic) bond motifs is 1. The Hall–Kier alpha value is -2.72. The zero-order chi connectivity index (χ0) is 21.5. The maximum atomic E-state index is 12.0. The van der Waals surface area contributed by atoms with Crippen LogP contribution in [0.4, 0.5) is 10.7 Å². The molecule has 3 heterocycles. The minimum absolute atomic E-state index is 0.295. The van der Waals surface area contributed by atoms with E-state index in [1.807, 2.05) is 18.2 Å². The molecule has 1 aliphatic rings. The number of benzene rings is 1. The van der Waals surface area contributed by atoms with Crippen molar-refractivity contribution in [3.63, 3.8) is 0 Å². The van der Waals surface area contributed by atoms with Crippen molar-refractivity contribution >= 4 is 55.2 Å². The Balaban J connectivity index is 1.51. The second kappa shape index (κ2) is 7.84. The van der Waals surface area contributed by atoms with Gasteiger partial charge in [0, 0.05) is 24.0 Å². The molecule has 0 unspecified atom stereocenters. The van der Waals surface area contributed by atoms with Crippen molar-refractivity contribution in [2.24, 2.45) is 0 Å². The molecule has 0 saturated carbocycles. The molecule has 0 bridgehead atoms. The van der Waals surface area contributed by atoms with E-state index in [2.05, 4.69) is 42.6 Å². The lowest BCUT2D eigenvalue weighted by atomic mass is 10.0. The summed E-state index contributed by atoms with van der Waals surface area (Å²) in [5.41, 5.74) is -0.0927. The summed E-state index contributed by atoms with van der Waals surface area (Å²) in [6.45, 7) is 4.20. The average molecular weight is 490 g/mol. The summed E-state index contributed by atoms with van der Waals surface area (Å²) in [6.07, 6.45) is 1.70. The van der Waals surface area contributed by atoms with Crippen LogP contribution >= 0.6 is 27.3 Å². The van der Waals surface area contributed by atoms with Gasteiger partial charge in [-0.1, -0.05) is 0 Å². The predicted octanol–water partition coefficient (Wildman–Crippen LogP) is 3.87. The monoisotopic (exact) mass is 489 g/mol. The van der Waals surface area contributed by atoms with Gasteiger partial charge in [0.05, 0.1) is 16.5 Å². The fourth-order valence-corrected chi connectivity index (χ4v) is 4.83. The first-order valence-corrected chi connectivity index (χ1v) is 10.9. The zero-order valence-electron chi connectivity index (χ0n) is 16.7. The fourth-order valence-electron chi connectivity index (χ4n) is 3.24. The van der Waals surface area contributed by atoms with Crippen molar-refractivity contribution < 1.29 is 14.3 Å². The van der Waals surface area contributed by atoms with Gasteiger partial charge in [-0.05, 0) is 59.4 Å². The first kappa shape index (κ1) is 20.5. The summed E-state index contributed by atoms with van der Waals surface area (Å²) in [5.74, 6) is 0.964. The maximum Gasteiger partial charge on any atom is 0.325 e. The highest BCUT2D eigenvalue weighted by atomic mass is 79.9. The third-order valence-electron chi connectivity index (χ3n) is 5.02. The molecule has 1 saturated heterocycles. The average Bonchev–Trinajstić information content (AvgIpc) is 3.22. The number of urea groups is 1. The van der Waals surface area contributed by atoms with Crippen LogP contribution in [0.25, 0.3) is 20.7 Å². The Bertz CT molecular complexity index is 1150. The SMILES string of the molecule is COc1ccc2sc(-c3nc(NCCN4C(=O)NC(=O)C4(C)C)ncc3Br)cc2c1. The summed E-state index contributed by atoms with van der Waals surface area (Å²) >= 11 is 5.17. The lowest BCUT2D eigenvalue weighted by Gasteiger charge is -2.27. The highest BCUT2D eigenvalue weighted by molar-refractivity contribution is 9.10. The molecule has 1 aliphatic heterocycles. The van der Waals surface area contributed by atoms with Crippen LogP contribution < -0.4 is 15.4 Å². The van der Waals surface area contributed by atoms with Gasteiger partial charge in [-0.15, -0.1) is 11.3 Å². The normalized spacial score (nSPS) is 15.5. The minimum Gasteiger partial charge on any atom is -0.497 e. The number of imide groups is 1. The first-order valence-electron chi connectivity index (χ1n) is 9.27. The van der Waals surface area contributed by atoms with E-state index >= 15 is 0 Å². The molecule has 4 rings (SSSR count). The van der Waals surface area contributed by atoms with Gasteiger partial charge in [0.25, 0.3) is 5.91 Å². The lowest BCUT2D eigenvalue weighted by molar-refractivity contribution is -0.125. The Morgan fingerprint density at radius 3 is 2.80 bits per heavy atom. The van der Waals surface area contributed by atoms with Gasteiger partial charge in [0.2, 0.25) is 5.95 Å². The number of rotatable bonds is 6. The molecule has 0 atom stereocenters. The van der Waals surface area contributed by atoms with Crippen molar-refractivity contribution in [1.29, 1.82) is 0 Å². The van der Waals surface area contributed by atoms with E-state index in [4.69, 9.17) is 4.74 Å². The smallest absolute Gasteiger partial charge is 0.325 e. The highest BCUT2D eigenvalue weighted by Crippen LogP contribution is 2.37. The second-order valence-corrected chi connectivity index (χ2v) is 9.24. The molecule has 2 aromatic heterocycles. The van der Waals surface area contributed by atoms with Gasteiger partial charge in [0.15, 0.2) is 0 Å². The molecule has 0 radical (unpaired) electrons. The number of carbonyl (C=O) groups excluding carboxylic acids is 2. The van der Waals surface area contributed by atoms with E-state index < -0.39 is 5.54 Å². The number of nitrogens with one attached hydrogen (secondary N) is 2. The van der Waals surface area contributed by atoms with Crippen molar-refractivity contribution in [2.75, 3.05) is 25.5 Å². The number of anilines is 1. The van der Waals surface area contributed by atoms with Crippen LogP contribution in [0.1, 0.15) is 13.8 Å². The van der Waals surface area contributed by atoms with E-state index in [9.17, 15) is 9.59 Å². The summed E-state index contributed by atoms with van der Waals surface area (Å²) in [4.78, 5) is 35.3. The van der Waals surface area contributed by atoms with Crippen LogP contribution in [0, 0.1) is 0 Å². The van der Waals surface area contributed by atoms with Gasteiger partial charge < -0.3 is 15.0 Å². The van der Waals surface area contributed by atoms with Crippen LogP contribution in [0.15, 0.2) is 34.9 Å². The van der Waals surface area contributed by atoms with Crippen molar-refractivity contribution in [1.82, 2.24) is 20.2 Å². The number of halogens is 1. The summed E-state index contributed by atoms with van der Waals surface area (Å²) in [7, 11) is 1.65. The molecule has 1 aromatic carbocycles. The molecular formula is C20H20BrN5O3S. The molecule has 156 valence electrons. The summed E-state index contributed by atoms with van der Waals surface area (Å²) in [6, 6.07) is 7.65. The van der Waals surface area contributed by atoms with Crippen molar-refractivity contribution in [3.05, 3.63) is 34.9 Å². The highest BCUT2D eigenvalue weighted by Gasteiger charge is 2.45. The number of aromatic nitrogens is 2. The third kappa shape index (κ3) is 3.72. The second-order valence-electron chi connectivity index (χ2n) is 7.30. The maximum absolute atomic E-state index is 12.0. The number of nitrogens with zero attached hydrogens (tertiary/aromatic N) is 3. The van der Waals surface area contributed by atoms with Crippen LogP contribution in [0.3, 0.4) is 0 Å². The molecule has 3 amide bonds. The Morgan fingerprint density at radius 2 is 2.10 bits per heavy atom. The van der Waals surface area contributed by atoms with Crippen molar-refractivity contribution in [2.45, 2.75) is 19.4 Å². The van der Waals surface area contributed by atoms with E-state index in [1.165, 1.54) is 4.90 Å². The van der Waals surface area contributed by atoms with Gasteiger partial charge in [-0.2, -0.15) is 0 Å². The third-order valence-corrected chi connectivity index (χ3v) is 6.72. The zero-order valence-corrected chi connectivity index (χ0v) is 19.1. The van der Waals surface area contributed by atoms with E-state index in [0.717, 1.165) is 30.9 Å². The van der Waals surface area contributed by atoms with E-state index in [-0.39, 0.29) is 11.9 Å². The molecule has 8 nitrogen and oxygen atoms in total. The van der Waals surface area contributed by atoms with Crippen LogP contribution in [0.5, 0.6) is 5.75 Å². The summed E-state index contributed by atoms with van der Waals surface area (Å²) in [5, 5.41) is 6.57. The molecule has 10 heteroatoms. The van der Waals surface area contributed by atoms with Gasteiger partial charge in [-0.3, -0.25) is 10.1 Å². The Kier molecular flexibility index (Phi) is 5.37.